The van der Waals surface area contributed by atoms with Gasteiger partial charge in [0.1, 0.15) is 0 Å². The third-order valence-electron chi connectivity index (χ3n) is 4.53. The molecule has 0 aliphatic carbocycles. The van der Waals surface area contributed by atoms with Crippen LogP contribution >= 0.6 is 11.6 Å². The van der Waals surface area contributed by atoms with Crippen LogP contribution in [0, 0.1) is 11.3 Å². The molecule has 0 radical (unpaired) electrons. The maximum absolute atomic E-state index is 12.3. The van der Waals surface area contributed by atoms with Gasteiger partial charge in [-0.05, 0) is 58.5 Å². The van der Waals surface area contributed by atoms with Crippen molar-refractivity contribution in [2.24, 2.45) is 11.3 Å². The largest absolute Gasteiger partial charge is 0.342 e. The van der Waals surface area contributed by atoms with Gasteiger partial charge in [-0.2, -0.15) is 0 Å². The van der Waals surface area contributed by atoms with Gasteiger partial charge in [0.25, 0.3) is 0 Å². The Bertz CT molecular complexity index is 305. The Morgan fingerprint density at radius 1 is 1.16 bits per heavy atom. The number of amides is 1. The van der Waals surface area contributed by atoms with Crippen LogP contribution in [-0.2, 0) is 4.79 Å². The summed E-state index contributed by atoms with van der Waals surface area (Å²) in [6, 6.07) is 0. The Morgan fingerprint density at radius 2 is 1.74 bits per heavy atom. The van der Waals surface area contributed by atoms with Crippen molar-refractivity contribution in [3.05, 3.63) is 0 Å². The van der Waals surface area contributed by atoms with E-state index in [4.69, 9.17) is 11.6 Å². The molecular formula is C15H27ClN2O. The van der Waals surface area contributed by atoms with Crippen LogP contribution in [0.1, 0.15) is 39.5 Å². The molecule has 0 aromatic carbocycles. The Balaban J connectivity index is 1.77. The van der Waals surface area contributed by atoms with Gasteiger partial charge in [-0.25, -0.2) is 0 Å². The first-order chi connectivity index (χ1) is 9.03. The molecule has 0 spiro atoms. The monoisotopic (exact) mass is 286 g/mol. The van der Waals surface area contributed by atoms with E-state index >= 15 is 0 Å². The summed E-state index contributed by atoms with van der Waals surface area (Å²) in [6.07, 6.45) is 5.03. The molecule has 0 bridgehead atoms. The minimum absolute atomic E-state index is 0.224. The lowest BCUT2D eigenvalue weighted by Crippen LogP contribution is -2.47. The summed E-state index contributed by atoms with van der Waals surface area (Å²) < 4.78 is 0. The van der Waals surface area contributed by atoms with E-state index in [1.807, 2.05) is 18.7 Å². The van der Waals surface area contributed by atoms with Gasteiger partial charge in [0.05, 0.1) is 5.41 Å². The summed E-state index contributed by atoms with van der Waals surface area (Å²) in [5, 5.41) is 0. The van der Waals surface area contributed by atoms with Gasteiger partial charge in [0.2, 0.25) is 5.91 Å². The zero-order valence-electron chi connectivity index (χ0n) is 12.3. The Hall–Kier alpha value is -0.280. The van der Waals surface area contributed by atoms with E-state index in [0.717, 1.165) is 31.8 Å². The average Bonchev–Trinajstić information content (AvgIpc) is 2.91. The number of alkyl halides is 1. The molecule has 19 heavy (non-hydrogen) atoms. The number of carbonyl (C=O) groups excluding carboxylic acids is 1. The van der Waals surface area contributed by atoms with Gasteiger partial charge in [-0.15, -0.1) is 11.6 Å². The molecule has 2 rings (SSSR count). The maximum atomic E-state index is 12.3. The van der Waals surface area contributed by atoms with Crippen LogP contribution in [0.2, 0.25) is 0 Å². The average molecular weight is 287 g/mol. The minimum Gasteiger partial charge on any atom is -0.342 e. The third kappa shape index (κ3) is 3.85. The molecular weight excluding hydrogens is 260 g/mol. The third-order valence-corrected chi connectivity index (χ3v) is 5.20. The fraction of sp³-hybridized carbons (Fsp3) is 0.933. The molecule has 0 unspecified atom stereocenters. The molecule has 2 aliphatic rings. The smallest absolute Gasteiger partial charge is 0.229 e. The van der Waals surface area contributed by atoms with Crippen molar-refractivity contribution in [3.63, 3.8) is 0 Å². The molecule has 2 heterocycles. The second-order valence-corrected chi connectivity index (χ2v) is 7.03. The number of halogens is 1. The van der Waals surface area contributed by atoms with Gasteiger partial charge in [-0.3, -0.25) is 4.79 Å². The van der Waals surface area contributed by atoms with Gasteiger partial charge in [-0.1, -0.05) is 0 Å². The van der Waals surface area contributed by atoms with Crippen LogP contribution in [0.5, 0.6) is 0 Å². The summed E-state index contributed by atoms with van der Waals surface area (Å²) in [5.41, 5.74) is -0.413. The van der Waals surface area contributed by atoms with E-state index in [0.29, 0.717) is 5.88 Å². The number of hydrogen-bond acceptors (Lipinski definition) is 2. The van der Waals surface area contributed by atoms with E-state index in [2.05, 4.69) is 4.90 Å². The second kappa shape index (κ2) is 6.45. The topological polar surface area (TPSA) is 23.6 Å². The lowest BCUT2D eigenvalue weighted by Gasteiger charge is -2.37. The molecule has 3 nitrogen and oxygen atoms in total. The van der Waals surface area contributed by atoms with E-state index in [1.165, 1.54) is 32.5 Å². The van der Waals surface area contributed by atoms with Crippen molar-refractivity contribution in [1.29, 1.82) is 0 Å². The van der Waals surface area contributed by atoms with Crippen molar-refractivity contribution in [2.45, 2.75) is 39.5 Å². The summed E-state index contributed by atoms with van der Waals surface area (Å²) in [5.74, 6) is 1.41. The molecule has 0 atom stereocenters. The summed E-state index contributed by atoms with van der Waals surface area (Å²) in [6.45, 7) is 9.50. The Labute approximate surface area is 122 Å². The molecule has 110 valence electrons. The first-order valence-corrected chi connectivity index (χ1v) is 8.14. The first-order valence-electron chi connectivity index (χ1n) is 7.60. The molecule has 0 aromatic rings. The van der Waals surface area contributed by atoms with Gasteiger partial charge in [0, 0.05) is 25.5 Å². The lowest BCUT2D eigenvalue weighted by atomic mass is 9.90. The highest BCUT2D eigenvalue weighted by Crippen LogP contribution is 2.26. The number of carbonyl (C=O) groups is 1. The molecule has 0 N–H and O–H groups in total. The van der Waals surface area contributed by atoms with Crippen molar-refractivity contribution >= 4 is 17.5 Å². The molecule has 2 aliphatic heterocycles. The zero-order valence-corrected chi connectivity index (χ0v) is 13.1. The normalized spacial score (nSPS) is 23.0. The number of hydrogen-bond donors (Lipinski definition) is 0. The highest BCUT2D eigenvalue weighted by molar-refractivity contribution is 6.19. The summed E-state index contributed by atoms with van der Waals surface area (Å²) in [7, 11) is 0. The standard InChI is InChI=1S/C15H27ClN2O/c1-15(2,12-16)14(19)18-9-5-13(6-10-18)11-17-7-3-4-8-17/h13H,3-12H2,1-2H3. The highest BCUT2D eigenvalue weighted by atomic mass is 35.5. The molecule has 0 aromatic heterocycles. The van der Waals surface area contributed by atoms with Crippen molar-refractivity contribution < 1.29 is 4.79 Å². The molecule has 2 fully saturated rings. The van der Waals surface area contributed by atoms with Crippen LogP contribution in [0.4, 0.5) is 0 Å². The quantitative estimate of drug-likeness (QED) is 0.742. The van der Waals surface area contributed by atoms with Gasteiger partial charge >= 0.3 is 0 Å². The molecule has 4 heteroatoms. The predicted octanol–water partition coefficient (Wildman–Crippen LogP) is 2.59. The number of rotatable bonds is 4. The van der Waals surface area contributed by atoms with Gasteiger partial charge < -0.3 is 9.80 Å². The number of likely N-dealkylation sites (tertiary alicyclic amines) is 2. The summed E-state index contributed by atoms with van der Waals surface area (Å²) >= 11 is 5.90. The fourth-order valence-electron chi connectivity index (χ4n) is 3.13. The van der Waals surface area contributed by atoms with E-state index in [1.54, 1.807) is 0 Å². The molecule has 2 saturated heterocycles. The lowest BCUT2D eigenvalue weighted by molar-refractivity contribution is -0.140. The summed E-state index contributed by atoms with van der Waals surface area (Å²) in [4.78, 5) is 16.9. The first kappa shape index (κ1) is 15.1. The van der Waals surface area contributed by atoms with Crippen LogP contribution in [0.25, 0.3) is 0 Å². The molecule has 0 saturated carbocycles. The van der Waals surface area contributed by atoms with Crippen molar-refractivity contribution in [1.82, 2.24) is 9.80 Å². The van der Waals surface area contributed by atoms with Crippen LogP contribution in [0.3, 0.4) is 0 Å². The number of nitrogens with zero attached hydrogens (tertiary/aromatic N) is 2. The van der Waals surface area contributed by atoms with Crippen molar-refractivity contribution in [3.8, 4) is 0 Å². The van der Waals surface area contributed by atoms with Crippen LogP contribution in [0.15, 0.2) is 0 Å². The maximum Gasteiger partial charge on any atom is 0.229 e. The fourth-order valence-corrected chi connectivity index (χ4v) is 3.25. The Morgan fingerprint density at radius 3 is 2.26 bits per heavy atom. The van der Waals surface area contributed by atoms with Crippen LogP contribution in [-0.4, -0.2) is 54.3 Å². The van der Waals surface area contributed by atoms with Crippen LogP contribution < -0.4 is 0 Å². The van der Waals surface area contributed by atoms with Crippen molar-refractivity contribution in [2.75, 3.05) is 38.6 Å². The highest BCUT2D eigenvalue weighted by Gasteiger charge is 2.33. The van der Waals surface area contributed by atoms with E-state index < -0.39 is 5.41 Å². The van der Waals surface area contributed by atoms with E-state index in [-0.39, 0.29) is 5.91 Å². The minimum atomic E-state index is -0.413. The number of piperidine rings is 1. The Kier molecular flexibility index (Phi) is 5.13. The SMILES string of the molecule is CC(C)(CCl)C(=O)N1CCC(CN2CCCC2)CC1. The second-order valence-electron chi connectivity index (χ2n) is 6.76. The van der Waals surface area contributed by atoms with Gasteiger partial charge in [0.15, 0.2) is 0 Å². The zero-order chi connectivity index (χ0) is 13.9. The molecule has 1 amide bonds. The van der Waals surface area contributed by atoms with E-state index in [9.17, 15) is 4.79 Å². The predicted molar refractivity (Wildman–Crippen MR) is 79.5 cm³/mol.